The van der Waals surface area contributed by atoms with E-state index in [0.717, 1.165) is 23.3 Å². The van der Waals surface area contributed by atoms with Gasteiger partial charge in [0.15, 0.2) is 0 Å². The van der Waals surface area contributed by atoms with E-state index in [2.05, 4.69) is 30.7 Å². The summed E-state index contributed by atoms with van der Waals surface area (Å²) >= 11 is 6.86. The maximum absolute atomic E-state index is 12.3. The minimum Gasteiger partial charge on any atom is -0.206 e. The minimum atomic E-state index is -3.53. The monoisotopic (exact) mass is 357 g/mol. The molecule has 0 bridgehead atoms. The normalized spacial score (nSPS) is 14.7. The first-order valence-corrected chi connectivity index (χ1v) is 9.88. The average molecular weight is 358 g/mol. The number of rotatable bonds is 6. The van der Waals surface area contributed by atoms with Gasteiger partial charge in [0.05, 0.1) is 4.34 Å². The van der Waals surface area contributed by atoms with Crippen molar-refractivity contribution in [3.8, 4) is 0 Å². The van der Waals surface area contributed by atoms with Crippen LogP contribution in [0.1, 0.15) is 50.3 Å². The summed E-state index contributed by atoms with van der Waals surface area (Å²) in [6, 6.07) is 10.9. The third-order valence-corrected chi connectivity index (χ3v) is 7.03. The molecule has 0 aliphatic rings. The number of hydrogen-bond donors (Lipinski definition) is 1. The number of thiophene rings is 1. The first-order valence-electron chi connectivity index (χ1n) is 7.21. The molecule has 0 fully saturated rings. The summed E-state index contributed by atoms with van der Waals surface area (Å²) in [6.45, 7) is 6.17. The van der Waals surface area contributed by atoms with Crippen LogP contribution in [0, 0.1) is 0 Å². The van der Waals surface area contributed by atoms with Crippen molar-refractivity contribution in [2.75, 3.05) is 0 Å². The second-order valence-electron chi connectivity index (χ2n) is 5.38. The Morgan fingerprint density at radius 3 is 2.18 bits per heavy atom. The number of nitrogens with one attached hydrogen (secondary N) is 1. The standard InChI is InChI=1S/C16H20ClNO2S2/c1-4-11(2)13-5-7-14(8-6-13)12(3)18-22(19,20)16-10-9-15(17)21-16/h5-12,18H,4H2,1-3H3. The maximum Gasteiger partial charge on any atom is 0.250 e. The predicted octanol–water partition coefficient (Wildman–Crippen LogP) is 4.95. The Bertz CT molecular complexity index is 723. The van der Waals surface area contributed by atoms with E-state index in [0.29, 0.717) is 10.3 Å². The number of hydrogen-bond acceptors (Lipinski definition) is 3. The molecule has 1 heterocycles. The van der Waals surface area contributed by atoms with E-state index in [1.54, 1.807) is 6.07 Å². The van der Waals surface area contributed by atoms with Crippen LogP contribution in [-0.2, 0) is 10.0 Å². The van der Waals surface area contributed by atoms with E-state index in [-0.39, 0.29) is 10.3 Å². The predicted molar refractivity (Wildman–Crippen MR) is 93.2 cm³/mol. The summed E-state index contributed by atoms with van der Waals surface area (Å²) in [4.78, 5) is 0. The Morgan fingerprint density at radius 1 is 1.09 bits per heavy atom. The number of benzene rings is 1. The smallest absolute Gasteiger partial charge is 0.206 e. The van der Waals surface area contributed by atoms with E-state index in [1.165, 1.54) is 11.6 Å². The quantitative estimate of drug-likeness (QED) is 0.794. The lowest BCUT2D eigenvalue weighted by atomic mass is 9.96. The van der Waals surface area contributed by atoms with E-state index >= 15 is 0 Å². The zero-order valence-electron chi connectivity index (χ0n) is 12.8. The Kier molecular flexibility index (Phi) is 5.66. The first kappa shape index (κ1) is 17.5. The van der Waals surface area contributed by atoms with Gasteiger partial charge in [-0.1, -0.05) is 49.7 Å². The molecule has 1 aromatic heterocycles. The molecule has 2 rings (SSSR count). The molecule has 0 saturated heterocycles. The van der Waals surface area contributed by atoms with Gasteiger partial charge in [0, 0.05) is 6.04 Å². The molecule has 0 aliphatic heterocycles. The fourth-order valence-electron chi connectivity index (χ4n) is 2.15. The molecule has 2 aromatic rings. The fourth-order valence-corrected chi connectivity index (χ4v) is 4.88. The summed E-state index contributed by atoms with van der Waals surface area (Å²) in [6.07, 6.45) is 1.08. The van der Waals surface area contributed by atoms with Crippen molar-refractivity contribution in [3.63, 3.8) is 0 Å². The molecule has 6 heteroatoms. The molecule has 120 valence electrons. The van der Waals surface area contributed by atoms with Crippen molar-refractivity contribution in [1.29, 1.82) is 0 Å². The molecule has 0 saturated carbocycles. The maximum atomic E-state index is 12.3. The SMILES string of the molecule is CCC(C)c1ccc(C(C)NS(=O)(=O)c2ccc(Cl)s2)cc1. The number of sulfonamides is 1. The van der Waals surface area contributed by atoms with Crippen molar-refractivity contribution < 1.29 is 8.42 Å². The highest BCUT2D eigenvalue weighted by atomic mass is 35.5. The fraction of sp³-hybridized carbons (Fsp3) is 0.375. The van der Waals surface area contributed by atoms with Gasteiger partial charge in [-0.2, -0.15) is 0 Å². The molecule has 0 radical (unpaired) electrons. The Morgan fingerprint density at radius 2 is 1.68 bits per heavy atom. The van der Waals surface area contributed by atoms with Gasteiger partial charge in [0.25, 0.3) is 10.0 Å². The third kappa shape index (κ3) is 4.10. The van der Waals surface area contributed by atoms with Crippen molar-refractivity contribution in [2.45, 2.75) is 43.4 Å². The molecule has 3 nitrogen and oxygen atoms in total. The van der Waals surface area contributed by atoms with E-state index < -0.39 is 10.0 Å². The molecular formula is C16H20ClNO2S2. The molecule has 0 amide bonds. The average Bonchev–Trinajstić information content (AvgIpc) is 2.93. The van der Waals surface area contributed by atoms with Crippen LogP contribution < -0.4 is 4.72 Å². The van der Waals surface area contributed by atoms with E-state index in [9.17, 15) is 8.42 Å². The third-order valence-electron chi connectivity index (χ3n) is 3.76. The highest BCUT2D eigenvalue weighted by Gasteiger charge is 2.20. The van der Waals surface area contributed by atoms with Crippen LogP contribution in [0.4, 0.5) is 0 Å². The summed E-state index contributed by atoms with van der Waals surface area (Å²) < 4.78 is 28.0. The lowest BCUT2D eigenvalue weighted by Gasteiger charge is -2.15. The van der Waals surface area contributed by atoms with Crippen molar-refractivity contribution in [1.82, 2.24) is 4.72 Å². The van der Waals surface area contributed by atoms with Gasteiger partial charge >= 0.3 is 0 Å². The summed E-state index contributed by atoms with van der Waals surface area (Å²) in [5.41, 5.74) is 2.21. The second kappa shape index (κ2) is 7.13. The lowest BCUT2D eigenvalue weighted by Crippen LogP contribution is -2.26. The van der Waals surface area contributed by atoms with Crippen molar-refractivity contribution >= 4 is 33.0 Å². The van der Waals surface area contributed by atoms with Crippen LogP contribution in [0.5, 0.6) is 0 Å². The molecule has 1 aromatic carbocycles. The van der Waals surface area contributed by atoms with Crippen LogP contribution in [0.3, 0.4) is 0 Å². The molecule has 0 aliphatic carbocycles. The lowest BCUT2D eigenvalue weighted by molar-refractivity contribution is 0.569. The van der Waals surface area contributed by atoms with Gasteiger partial charge in [0.1, 0.15) is 4.21 Å². The van der Waals surface area contributed by atoms with Crippen LogP contribution in [0.15, 0.2) is 40.6 Å². The van der Waals surface area contributed by atoms with Crippen molar-refractivity contribution in [2.24, 2.45) is 0 Å². The highest BCUT2D eigenvalue weighted by molar-refractivity contribution is 7.91. The van der Waals surface area contributed by atoms with Crippen LogP contribution in [0.25, 0.3) is 0 Å². The van der Waals surface area contributed by atoms with Crippen LogP contribution in [-0.4, -0.2) is 8.42 Å². The van der Waals surface area contributed by atoms with Crippen LogP contribution in [0.2, 0.25) is 4.34 Å². The molecule has 2 unspecified atom stereocenters. The van der Waals surface area contributed by atoms with Gasteiger partial charge in [0.2, 0.25) is 0 Å². The molecule has 1 N–H and O–H groups in total. The molecular weight excluding hydrogens is 338 g/mol. The van der Waals surface area contributed by atoms with E-state index in [4.69, 9.17) is 11.6 Å². The topological polar surface area (TPSA) is 46.2 Å². The van der Waals surface area contributed by atoms with E-state index in [1.807, 2.05) is 19.1 Å². The number of halogens is 1. The zero-order chi connectivity index (χ0) is 16.3. The highest BCUT2D eigenvalue weighted by Crippen LogP contribution is 2.27. The minimum absolute atomic E-state index is 0.237. The Hall–Kier alpha value is -0.880. The molecule has 2 atom stereocenters. The largest absolute Gasteiger partial charge is 0.250 e. The summed E-state index contributed by atoms with van der Waals surface area (Å²) in [5, 5.41) is 0. The van der Waals surface area contributed by atoms with Gasteiger partial charge in [-0.25, -0.2) is 13.1 Å². The van der Waals surface area contributed by atoms with Crippen molar-refractivity contribution in [3.05, 3.63) is 51.9 Å². The second-order valence-corrected chi connectivity index (χ2v) is 9.03. The van der Waals surface area contributed by atoms with Gasteiger partial charge in [-0.15, -0.1) is 11.3 Å². The van der Waals surface area contributed by atoms with Gasteiger partial charge < -0.3 is 0 Å². The van der Waals surface area contributed by atoms with Gasteiger partial charge in [-0.05, 0) is 42.5 Å². The van der Waals surface area contributed by atoms with Crippen LogP contribution >= 0.6 is 22.9 Å². The van der Waals surface area contributed by atoms with Gasteiger partial charge in [-0.3, -0.25) is 0 Å². The zero-order valence-corrected chi connectivity index (χ0v) is 15.2. The molecule has 0 spiro atoms. The Balaban J connectivity index is 2.13. The summed E-state index contributed by atoms with van der Waals surface area (Å²) in [7, 11) is -3.53. The Labute approximate surface area is 141 Å². The first-order chi connectivity index (χ1) is 10.3. The summed E-state index contributed by atoms with van der Waals surface area (Å²) in [5.74, 6) is 0.509. The molecule has 22 heavy (non-hydrogen) atoms.